The number of carbonyl (C=O) groups excluding carboxylic acids is 1. The Bertz CT molecular complexity index is 389. The molecule has 0 aliphatic heterocycles. The van der Waals surface area contributed by atoms with Crippen molar-refractivity contribution in [1.82, 2.24) is 15.1 Å². The van der Waals surface area contributed by atoms with Crippen LogP contribution in [-0.2, 0) is 16.1 Å². The van der Waals surface area contributed by atoms with Crippen molar-refractivity contribution in [2.24, 2.45) is 0 Å². The van der Waals surface area contributed by atoms with Crippen LogP contribution in [0.25, 0.3) is 0 Å². The number of nitrogens with zero attached hydrogens (tertiary/aromatic N) is 2. The minimum absolute atomic E-state index is 0.0141. The maximum atomic E-state index is 11.4. The van der Waals surface area contributed by atoms with Crippen LogP contribution in [0.5, 0.6) is 0 Å². The quantitative estimate of drug-likeness (QED) is 0.641. The number of ether oxygens (including phenoxy) is 1. The largest absolute Gasteiger partial charge is 0.478 e. The zero-order chi connectivity index (χ0) is 12.7. The smallest absolute Gasteiger partial charge is 0.338 e. The average molecular weight is 241 g/mol. The molecule has 0 radical (unpaired) electrons. The molecule has 0 aromatic carbocycles. The second-order valence-electron chi connectivity index (χ2n) is 3.43. The summed E-state index contributed by atoms with van der Waals surface area (Å²) in [7, 11) is 1.60. The highest BCUT2D eigenvalue weighted by molar-refractivity contribution is 5.87. The second kappa shape index (κ2) is 6.64. The molecule has 94 valence electrons. The van der Waals surface area contributed by atoms with E-state index in [2.05, 4.69) is 10.4 Å². The van der Waals surface area contributed by atoms with Crippen LogP contribution in [0.15, 0.2) is 12.4 Å². The minimum Gasteiger partial charge on any atom is -0.478 e. The van der Waals surface area contributed by atoms with Crippen molar-refractivity contribution in [1.29, 1.82) is 0 Å². The Hall–Kier alpha value is -1.89. The van der Waals surface area contributed by atoms with Crippen LogP contribution in [0.1, 0.15) is 16.8 Å². The normalized spacial score (nSPS) is 10.2. The maximum absolute atomic E-state index is 11.4. The number of rotatable bonds is 7. The first-order valence-corrected chi connectivity index (χ1v) is 5.15. The number of hydrogen-bond acceptors (Lipinski definition) is 4. The van der Waals surface area contributed by atoms with E-state index in [-0.39, 0.29) is 18.0 Å². The van der Waals surface area contributed by atoms with Gasteiger partial charge < -0.3 is 15.2 Å². The van der Waals surface area contributed by atoms with Gasteiger partial charge in [-0.25, -0.2) is 4.79 Å². The molecule has 7 nitrogen and oxygen atoms in total. The molecule has 2 N–H and O–H groups in total. The summed E-state index contributed by atoms with van der Waals surface area (Å²) in [6.45, 7) is 1.13. The van der Waals surface area contributed by atoms with Gasteiger partial charge >= 0.3 is 5.97 Å². The Labute approximate surface area is 98.4 Å². The highest BCUT2D eigenvalue weighted by Gasteiger charge is 2.08. The van der Waals surface area contributed by atoms with E-state index in [4.69, 9.17) is 9.84 Å². The van der Waals surface area contributed by atoms with E-state index in [1.807, 2.05) is 0 Å². The summed E-state index contributed by atoms with van der Waals surface area (Å²) in [5.41, 5.74) is 0.0668. The zero-order valence-corrected chi connectivity index (χ0v) is 9.55. The molecule has 1 amide bonds. The number of hydrogen-bond donors (Lipinski definition) is 2. The fourth-order valence-corrected chi connectivity index (χ4v) is 1.21. The number of carbonyl (C=O) groups is 2. The van der Waals surface area contributed by atoms with Crippen LogP contribution < -0.4 is 5.32 Å². The van der Waals surface area contributed by atoms with E-state index in [0.29, 0.717) is 13.2 Å². The highest BCUT2D eigenvalue weighted by atomic mass is 16.5. The van der Waals surface area contributed by atoms with Crippen LogP contribution >= 0.6 is 0 Å². The Balaban J connectivity index is 2.32. The lowest BCUT2D eigenvalue weighted by atomic mass is 10.4. The SMILES string of the molecule is COCCCNC(=O)Cn1cc(C(=O)O)cn1. The van der Waals surface area contributed by atoms with Crippen LogP contribution in [0, 0.1) is 0 Å². The van der Waals surface area contributed by atoms with E-state index in [1.165, 1.54) is 17.1 Å². The monoisotopic (exact) mass is 241 g/mol. The Morgan fingerprint density at radius 2 is 2.35 bits per heavy atom. The fourth-order valence-electron chi connectivity index (χ4n) is 1.21. The van der Waals surface area contributed by atoms with Gasteiger partial charge in [0.15, 0.2) is 0 Å². The topological polar surface area (TPSA) is 93.5 Å². The first-order valence-electron chi connectivity index (χ1n) is 5.15. The number of amides is 1. The molecule has 7 heteroatoms. The summed E-state index contributed by atoms with van der Waals surface area (Å²) in [5.74, 6) is -1.27. The summed E-state index contributed by atoms with van der Waals surface area (Å²) in [4.78, 5) is 22.0. The first-order chi connectivity index (χ1) is 8.13. The summed E-state index contributed by atoms with van der Waals surface area (Å²) >= 11 is 0. The molecule has 0 aliphatic carbocycles. The van der Waals surface area contributed by atoms with E-state index in [1.54, 1.807) is 7.11 Å². The number of aromatic nitrogens is 2. The van der Waals surface area contributed by atoms with Crippen molar-refractivity contribution in [2.75, 3.05) is 20.3 Å². The third-order valence-electron chi connectivity index (χ3n) is 2.03. The van der Waals surface area contributed by atoms with E-state index in [0.717, 1.165) is 6.42 Å². The van der Waals surface area contributed by atoms with Gasteiger partial charge in [0.25, 0.3) is 0 Å². The molecular formula is C10H15N3O4. The Morgan fingerprint density at radius 3 is 2.94 bits per heavy atom. The molecule has 0 spiro atoms. The van der Waals surface area contributed by atoms with Gasteiger partial charge in [-0.3, -0.25) is 9.48 Å². The molecule has 0 saturated heterocycles. The van der Waals surface area contributed by atoms with Gasteiger partial charge in [0, 0.05) is 26.5 Å². The van der Waals surface area contributed by atoms with Gasteiger partial charge in [0.2, 0.25) is 5.91 Å². The molecule has 0 saturated carbocycles. The first kappa shape index (κ1) is 13.2. The second-order valence-corrected chi connectivity index (χ2v) is 3.43. The van der Waals surface area contributed by atoms with Gasteiger partial charge in [-0.05, 0) is 6.42 Å². The Morgan fingerprint density at radius 1 is 1.59 bits per heavy atom. The van der Waals surface area contributed by atoms with Gasteiger partial charge in [-0.1, -0.05) is 0 Å². The van der Waals surface area contributed by atoms with Gasteiger partial charge in [0.1, 0.15) is 6.54 Å². The number of carboxylic acids is 1. The lowest BCUT2D eigenvalue weighted by Crippen LogP contribution is -2.29. The third-order valence-corrected chi connectivity index (χ3v) is 2.03. The minimum atomic E-state index is -1.06. The molecule has 1 aromatic rings. The van der Waals surface area contributed by atoms with Crippen LogP contribution in [-0.4, -0.2) is 47.0 Å². The van der Waals surface area contributed by atoms with Gasteiger partial charge in [-0.2, -0.15) is 5.10 Å². The van der Waals surface area contributed by atoms with Crippen LogP contribution in [0.3, 0.4) is 0 Å². The lowest BCUT2D eigenvalue weighted by molar-refractivity contribution is -0.121. The average Bonchev–Trinajstić information content (AvgIpc) is 2.73. The van der Waals surface area contributed by atoms with Crippen LogP contribution in [0.2, 0.25) is 0 Å². The predicted octanol–water partition coefficient (Wildman–Crippen LogP) is -0.266. The molecule has 0 unspecified atom stereocenters. The zero-order valence-electron chi connectivity index (χ0n) is 9.55. The van der Waals surface area contributed by atoms with Crippen molar-refractivity contribution in [3.63, 3.8) is 0 Å². The molecular weight excluding hydrogens is 226 g/mol. The molecule has 0 atom stereocenters. The van der Waals surface area contributed by atoms with Crippen molar-refractivity contribution in [3.8, 4) is 0 Å². The summed E-state index contributed by atoms with van der Waals surface area (Å²) < 4.78 is 6.12. The number of aromatic carboxylic acids is 1. The van der Waals surface area contributed by atoms with Crippen molar-refractivity contribution in [2.45, 2.75) is 13.0 Å². The van der Waals surface area contributed by atoms with E-state index < -0.39 is 5.97 Å². The van der Waals surface area contributed by atoms with Crippen molar-refractivity contribution >= 4 is 11.9 Å². The molecule has 0 aliphatic rings. The predicted molar refractivity (Wildman–Crippen MR) is 58.7 cm³/mol. The number of methoxy groups -OCH3 is 1. The number of carboxylic acid groups (broad SMARTS) is 1. The molecule has 0 fully saturated rings. The lowest BCUT2D eigenvalue weighted by Gasteiger charge is -2.04. The van der Waals surface area contributed by atoms with Gasteiger partial charge in [0.05, 0.1) is 11.8 Å². The molecule has 0 bridgehead atoms. The molecule has 1 aromatic heterocycles. The highest BCUT2D eigenvalue weighted by Crippen LogP contribution is 1.96. The molecule has 1 rings (SSSR count). The fraction of sp³-hybridized carbons (Fsp3) is 0.500. The summed E-state index contributed by atoms with van der Waals surface area (Å²) in [6.07, 6.45) is 3.26. The van der Waals surface area contributed by atoms with Gasteiger partial charge in [-0.15, -0.1) is 0 Å². The molecule has 1 heterocycles. The van der Waals surface area contributed by atoms with Crippen LogP contribution in [0.4, 0.5) is 0 Å². The Kier molecular flexibility index (Phi) is 5.15. The maximum Gasteiger partial charge on any atom is 0.338 e. The molecule has 17 heavy (non-hydrogen) atoms. The standard InChI is InChI=1S/C10H15N3O4/c1-17-4-2-3-11-9(14)7-13-6-8(5-12-13)10(15)16/h5-6H,2-4,7H2,1H3,(H,11,14)(H,15,16). The summed E-state index contributed by atoms with van der Waals surface area (Å²) in [5, 5.41) is 15.1. The van der Waals surface area contributed by atoms with E-state index >= 15 is 0 Å². The number of nitrogens with one attached hydrogen (secondary N) is 1. The van der Waals surface area contributed by atoms with E-state index in [9.17, 15) is 9.59 Å². The third kappa shape index (κ3) is 4.64. The van der Waals surface area contributed by atoms with Crippen molar-refractivity contribution < 1.29 is 19.4 Å². The summed E-state index contributed by atoms with van der Waals surface area (Å²) in [6, 6.07) is 0. The van der Waals surface area contributed by atoms with Crippen molar-refractivity contribution in [3.05, 3.63) is 18.0 Å².